The van der Waals surface area contributed by atoms with Crippen molar-refractivity contribution < 1.29 is 43.0 Å². The van der Waals surface area contributed by atoms with Crippen molar-refractivity contribution in [2.45, 2.75) is 103 Å². The van der Waals surface area contributed by atoms with Gasteiger partial charge in [0.2, 0.25) is 23.6 Å². The highest BCUT2D eigenvalue weighted by molar-refractivity contribution is 6.17. The van der Waals surface area contributed by atoms with E-state index < -0.39 is 70.7 Å². The summed E-state index contributed by atoms with van der Waals surface area (Å²) in [5.41, 5.74) is -0.189. The monoisotopic (exact) mass is 691 g/mol. The normalized spacial score (nSPS) is 15.0. The Morgan fingerprint density at radius 2 is 1.38 bits per heavy atom. The minimum absolute atomic E-state index is 0.114. The molecule has 0 fully saturated rings. The number of nitrogens with one attached hydrogen (secondary N) is 4. The van der Waals surface area contributed by atoms with Gasteiger partial charge < -0.3 is 30.7 Å². The van der Waals surface area contributed by atoms with Crippen LogP contribution in [0, 0.1) is 0 Å². The number of alkyl halides is 1. The number of amides is 6. The van der Waals surface area contributed by atoms with Crippen molar-refractivity contribution in [1.29, 1.82) is 0 Å². The topological polar surface area (TPSA) is 189 Å². The molecule has 0 aliphatic carbocycles. The van der Waals surface area contributed by atoms with Gasteiger partial charge in [0.15, 0.2) is 0 Å². The number of ether oxygens (including phenoxy) is 2. The molecule has 1 aromatic rings. The van der Waals surface area contributed by atoms with Crippen LogP contribution >= 0.6 is 11.6 Å². The zero-order valence-corrected chi connectivity index (χ0v) is 29.2. The first-order chi connectivity index (χ1) is 22.3. The summed E-state index contributed by atoms with van der Waals surface area (Å²) < 4.78 is 11.1. The van der Waals surface area contributed by atoms with Crippen LogP contribution in [0.2, 0.25) is 0 Å². The number of hydrogen-bond acceptors (Lipinski definition) is 9. The molecule has 1 aliphatic rings. The summed E-state index contributed by atoms with van der Waals surface area (Å²) in [6.45, 7) is 11.3. The first-order valence-corrected chi connectivity index (χ1v) is 16.1. The smallest absolute Gasteiger partial charge is 0.306 e. The number of imide groups is 1. The maximum Gasteiger partial charge on any atom is 0.306 e. The zero-order valence-electron chi connectivity index (χ0n) is 28.4. The fourth-order valence-corrected chi connectivity index (χ4v) is 4.34. The maximum absolute atomic E-state index is 13.6. The molecule has 4 N–H and O–H groups in total. The molecule has 1 aromatic carbocycles. The second kappa shape index (κ2) is 17.7. The van der Waals surface area contributed by atoms with Gasteiger partial charge in [-0.2, -0.15) is 0 Å². The van der Waals surface area contributed by atoms with Crippen LogP contribution in [0.25, 0.3) is 0 Å². The highest BCUT2D eigenvalue weighted by atomic mass is 35.5. The van der Waals surface area contributed by atoms with Gasteiger partial charge in [0.25, 0.3) is 11.8 Å². The standard InChI is InChI=1S/C33H46ClN5O9/c1-20(35-25(40)16-17-39-26(41)13-14-27(39)42)29(44)38-24(19-47-32(2,3)4)31(46)37-23(12-15-28(43)48-33(5,6)7)30(45)36-22-10-8-21(18-34)9-11-22/h8-11,13-14,20,23-24H,12,15-19H2,1-7H3,(H,35,40)(H,36,45)(H,37,46)(H,38,44)/t20-,23-,24-/m0/s1. The number of nitrogens with zero attached hydrogens (tertiary/aromatic N) is 1. The van der Waals surface area contributed by atoms with Crippen LogP contribution in [0.1, 0.15) is 73.3 Å². The van der Waals surface area contributed by atoms with E-state index >= 15 is 0 Å². The van der Waals surface area contributed by atoms with E-state index in [1.807, 2.05) is 0 Å². The van der Waals surface area contributed by atoms with E-state index in [-0.39, 0.29) is 38.3 Å². The molecule has 264 valence electrons. The average Bonchev–Trinajstić information content (AvgIpc) is 3.31. The van der Waals surface area contributed by atoms with Crippen molar-refractivity contribution in [1.82, 2.24) is 20.9 Å². The van der Waals surface area contributed by atoms with E-state index in [1.54, 1.807) is 65.8 Å². The Balaban J connectivity index is 2.15. The summed E-state index contributed by atoms with van der Waals surface area (Å²) in [6, 6.07) is 3.12. The highest BCUT2D eigenvalue weighted by Crippen LogP contribution is 2.15. The Labute approximate surface area is 285 Å². The minimum Gasteiger partial charge on any atom is -0.460 e. The van der Waals surface area contributed by atoms with Crippen LogP contribution < -0.4 is 21.3 Å². The second-order valence-corrected chi connectivity index (χ2v) is 13.5. The third-order valence-electron chi connectivity index (χ3n) is 6.62. The van der Waals surface area contributed by atoms with Crippen molar-refractivity contribution in [3.05, 3.63) is 42.0 Å². The summed E-state index contributed by atoms with van der Waals surface area (Å²) in [6.07, 6.45) is 1.66. The summed E-state index contributed by atoms with van der Waals surface area (Å²) in [5, 5.41) is 10.4. The van der Waals surface area contributed by atoms with Gasteiger partial charge in [0.1, 0.15) is 23.7 Å². The molecule has 0 aromatic heterocycles. The van der Waals surface area contributed by atoms with Crippen LogP contribution in [0.3, 0.4) is 0 Å². The quantitative estimate of drug-likeness (QED) is 0.114. The van der Waals surface area contributed by atoms with Crippen LogP contribution in [0.4, 0.5) is 5.69 Å². The predicted octanol–water partition coefficient (Wildman–Crippen LogP) is 2.09. The Bertz CT molecular complexity index is 1360. The van der Waals surface area contributed by atoms with Crippen LogP contribution in [0.15, 0.2) is 36.4 Å². The number of benzene rings is 1. The first kappa shape index (κ1) is 39.9. The largest absolute Gasteiger partial charge is 0.460 e. The summed E-state index contributed by atoms with van der Waals surface area (Å²) in [7, 11) is 0. The van der Waals surface area contributed by atoms with E-state index in [1.165, 1.54) is 6.92 Å². The van der Waals surface area contributed by atoms with Crippen LogP contribution in [-0.4, -0.2) is 88.8 Å². The van der Waals surface area contributed by atoms with E-state index in [2.05, 4.69) is 21.3 Å². The van der Waals surface area contributed by atoms with Crippen LogP contribution in [0.5, 0.6) is 0 Å². The Morgan fingerprint density at radius 3 is 1.92 bits per heavy atom. The second-order valence-electron chi connectivity index (χ2n) is 13.2. The van der Waals surface area contributed by atoms with E-state index in [0.717, 1.165) is 22.6 Å². The minimum atomic E-state index is -1.30. The van der Waals surface area contributed by atoms with E-state index in [0.29, 0.717) is 5.69 Å². The van der Waals surface area contributed by atoms with Crippen molar-refractivity contribution in [2.24, 2.45) is 0 Å². The Hall–Kier alpha value is -4.30. The molecule has 6 amide bonds. The summed E-state index contributed by atoms with van der Waals surface area (Å²) >= 11 is 5.86. The predicted molar refractivity (Wildman–Crippen MR) is 177 cm³/mol. The van der Waals surface area contributed by atoms with Crippen LogP contribution in [-0.2, 0) is 48.9 Å². The highest BCUT2D eigenvalue weighted by Gasteiger charge is 2.31. The van der Waals surface area contributed by atoms with Gasteiger partial charge in [0.05, 0.1) is 12.2 Å². The molecular weight excluding hydrogens is 646 g/mol. The van der Waals surface area contributed by atoms with Gasteiger partial charge >= 0.3 is 5.97 Å². The number of hydrogen-bond donors (Lipinski definition) is 4. The molecular formula is C33H46ClN5O9. The van der Waals surface area contributed by atoms with Gasteiger partial charge in [-0.15, -0.1) is 11.6 Å². The maximum atomic E-state index is 13.6. The molecule has 1 heterocycles. The van der Waals surface area contributed by atoms with E-state index in [9.17, 15) is 33.6 Å². The molecule has 14 nitrogen and oxygen atoms in total. The molecule has 48 heavy (non-hydrogen) atoms. The van der Waals surface area contributed by atoms with Gasteiger partial charge in [-0.25, -0.2) is 0 Å². The van der Waals surface area contributed by atoms with Gasteiger partial charge in [0, 0.05) is 43.1 Å². The molecule has 0 radical (unpaired) electrons. The van der Waals surface area contributed by atoms with E-state index in [4.69, 9.17) is 21.1 Å². The average molecular weight is 692 g/mol. The SMILES string of the molecule is C[C@H](NC(=O)CCN1C(=O)C=CC1=O)C(=O)N[C@@H](COC(C)(C)C)C(=O)N[C@@H](CCC(=O)OC(C)(C)C)C(=O)Nc1ccc(CCl)cc1. The fourth-order valence-electron chi connectivity index (χ4n) is 4.16. The number of halogens is 1. The molecule has 0 saturated carbocycles. The zero-order chi connectivity index (χ0) is 36.2. The number of rotatable bonds is 16. The summed E-state index contributed by atoms with van der Waals surface area (Å²) in [5.74, 6) is -4.07. The summed E-state index contributed by atoms with van der Waals surface area (Å²) in [4.78, 5) is 89.4. The van der Waals surface area contributed by atoms with Gasteiger partial charge in [-0.3, -0.25) is 38.5 Å². The molecule has 2 rings (SSSR count). The Morgan fingerprint density at radius 1 is 0.792 bits per heavy atom. The van der Waals surface area contributed by atoms with Gasteiger partial charge in [-0.1, -0.05) is 12.1 Å². The Kier molecular flexibility index (Phi) is 14.7. The van der Waals surface area contributed by atoms with Crippen molar-refractivity contribution in [3.8, 4) is 0 Å². The third-order valence-corrected chi connectivity index (χ3v) is 6.92. The number of carbonyl (C=O) groups excluding carboxylic acids is 7. The van der Waals surface area contributed by atoms with Crippen molar-refractivity contribution >= 4 is 58.7 Å². The fraction of sp³-hybridized carbons (Fsp3) is 0.545. The lowest BCUT2D eigenvalue weighted by Gasteiger charge is -2.27. The molecule has 0 spiro atoms. The number of carbonyl (C=O) groups is 7. The molecule has 0 saturated heterocycles. The molecule has 15 heteroatoms. The molecule has 0 unspecified atom stereocenters. The van der Waals surface area contributed by atoms with Gasteiger partial charge in [-0.05, 0) is 72.6 Å². The molecule has 0 bridgehead atoms. The number of esters is 1. The van der Waals surface area contributed by atoms with Crippen molar-refractivity contribution in [3.63, 3.8) is 0 Å². The lowest BCUT2D eigenvalue weighted by molar-refractivity contribution is -0.155. The number of anilines is 1. The molecule has 1 aliphatic heterocycles. The molecule has 3 atom stereocenters. The third kappa shape index (κ3) is 14.2. The van der Waals surface area contributed by atoms with Crippen molar-refractivity contribution in [2.75, 3.05) is 18.5 Å². The lowest BCUT2D eigenvalue weighted by atomic mass is 10.1. The lowest BCUT2D eigenvalue weighted by Crippen LogP contribution is -2.57. The first-order valence-electron chi connectivity index (χ1n) is 15.5.